The van der Waals surface area contributed by atoms with Gasteiger partial charge in [-0.15, -0.1) is 11.3 Å². The van der Waals surface area contributed by atoms with E-state index in [1.54, 1.807) is 11.3 Å². The van der Waals surface area contributed by atoms with E-state index >= 15 is 0 Å². The fraction of sp³-hybridized carbons (Fsp3) is 0.357. The number of hydrogen-bond acceptors (Lipinski definition) is 6. The molecule has 0 aliphatic carbocycles. The first kappa shape index (κ1) is 13.1. The molecule has 0 unspecified atom stereocenters. The van der Waals surface area contributed by atoms with Crippen LogP contribution in [0.3, 0.4) is 0 Å². The van der Waals surface area contributed by atoms with E-state index < -0.39 is 0 Å². The lowest BCUT2D eigenvalue weighted by molar-refractivity contribution is 0.377. The van der Waals surface area contributed by atoms with Crippen molar-refractivity contribution in [1.29, 1.82) is 0 Å². The van der Waals surface area contributed by atoms with Gasteiger partial charge in [-0.3, -0.25) is 0 Å². The molecule has 5 nitrogen and oxygen atoms in total. The summed E-state index contributed by atoms with van der Waals surface area (Å²) in [5, 5.41) is 7.14. The molecular weight excluding hydrogens is 272 g/mol. The van der Waals surface area contributed by atoms with Crippen LogP contribution < -0.4 is 4.90 Å². The Morgan fingerprint density at radius 3 is 2.95 bits per heavy atom. The normalized spacial score (nSPS) is 11.2. The van der Waals surface area contributed by atoms with Crippen LogP contribution in [0.15, 0.2) is 22.0 Å². The van der Waals surface area contributed by atoms with E-state index in [0.29, 0.717) is 6.54 Å². The number of fused-ring (bicyclic) bond motifs is 1. The van der Waals surface area contributed by atoms with E-state index in [9.17, 15) is 0 Å². The van der Waals surface area contributed by atoms with Gasteiger partial charge in [0.25, 0.3) is 0 Å². The first-order valence-electron chi connectivity index (χ1n) is 6.55. The van der Waals surface area contributed by atoms with Gasteiger partial charge in [-0.1, -0.05) is 12.1 Å². The second kappa shape index (κ2) is 5.20. The minimum atomic E-state index is 0.647. The summed E-state index contributed by atoms with van der Waals surface area (Å²) >= 11 is 1.63. The molecule has 6 heteroatoms. The smallest absolute Gasteiger partial charge is 0.156 e. The summed E-state index contributed by atoms with van der Waals surface area (Å²) in [6.45, 7) is 4.63. The molecule has 0 N–H and O–H groups in total. The van der Waals surface area contributed by atoms with Crippen LogP contribution in [0.4, 0.5) is 5.82 Å². The number of thiophene rings is 1. The molecule has 0 saturated carbocycles. The maximum atomic E-state index is 5.34. The Hall–Kier alpha value is -1.95. The second-order valence-corrected chi connectivity index (χ2v) is 5.62. The Labute approximate surface area is 121 Å². The van der Waals surface area contributed by atoms with Gasteiger partial charge < -0.3 is 9.42 Å². The van der Waals surface area contributed by atoms with Crippen molar-refractivity contribution >= 4 is 27.4 Å². The molecule has 3 aromatic heterocycles. The average Bonchev–Trinajstić information content (AvgIpc) is 3.05. The van der Waals surface area contributed by atoms with Crippen LogP contribution >= 0.6 is 11.3 Å². The quantitative estimate of drug-likeness (QED) is 0.738. The lowest BCUT2D eigenvalue weighted by Crippen LogP contribution is -2.18. The maximum absolute atomic E-state index is 5.34. The summed E-state index contributed by atoms with van der Waals surface area (Å²) in [5.74, 6) is 2.57. The molecule has 0 aliphatic heterocycles. The van der Waals surface area contributed by atoms with Crippen molar-refractivity contribution in [3.63, 3.8) is 0 Å². The summed E-state index contributed by atoms with van der Waals surface area (Å²) in [7, 11) is 2.01. The van der Waals surface area contributed by atoms with Gasteiger partial charge in [0.15, 0.2) is 5.76 Å². The third-order valence-electron chi connectivity index (χ3n) is 3.14. The van der Waals surface area contributed by atoms with E-state index in [4.69, 9.17) is 4.52 Å². The number of nitrogens with zero attached hydrogens (tertiary/aromatic N) is 4. The third-order valence-corrected chi connectivity index (χ3v) is 3.95. The molecule has 0 fully saturated rings. The first-order chi connectivity index (χ1) is 9.67. The first-order valence-corrected chi connectivity index (χ1v) is 7.42. The molecule has 0 aliphatic rings. The zero-order valence-corrected chi connectivity index (χ0v) is 12.6. The molecule has 0 atom stereocenters. The molecule has 0 bridgehead atoms. The van der Waals surface area contributed by atoms with Crippen molar-refractivity contribution in [3.05, 3.63) is 34.8 Å². The van der Waals surface area contributed by atoms with Gasteiger partial charge in [-0.25, -0.2) is 9.97 Å². The van der Waals surface area contributed by atoms with Crippen LogP contribution in [-0.4, -0.2) is 22.2 Å². The van der Waals surface area contributed by atoms with E-state index in [1.807, 2.05) is 25.4 Å². The summed E-state index contributed by atoms with van der Waals surface area (Å²) in [6, 6.07) is 4.05. The van der Waals surface area contributed by atoms with Gasteiger partial charge in [0, 0.05) is 13.1 Å². The highest BCUT2D eigenvalue weighted by molar-refractivity contribution is 7.16. The molecule has 3 aromatic rings. The van der Waals surface area contributed by atoms with Crippen molar-refractivity contribution in [2.24, 2.45) is 0 Å². The molecule has 104 valence electrons. The largest absolute Gasteiger partial charge is 0.359 e. The summed E-state index contributed by atoms with van der Waals surface area (Å²) < 4.78 is 5.34. The zero-order valence-electron chi connectivity index (χ0n) is 11.8. The minimum absolute atomic E-state index is 0.647. The minimum Gasteiger partial charge on any atom is -0.359 e. The maximum Gasteiger partial charge on any atom is 0.156 e. The highest BCUT2D eigenvalue weighted by atomic mass is 32.1. The Morgan fingerprint density at radius 1 is 1.35 bits per heavy atom. The van der Waals surface area contributed by atoms with Crippen molar-refractivity contribution in [2.45, 2.75) is 26.8 Å². The van der Waals surface area contributed by atoms with Crippen molar-refractivity contribution in [1.82, 2.24) is 15.1 Å². The summed E-state index contributed by atoms with van der Waals surface area (Å²) in [5.41, 5.74) is 0.980. The number of rotatable bonds is 4. The topological polar surface area (TPSA) is 55.1 Å². The molecule has 3 rings (SSSR count). The van der Waals surface area contributed by atoms with Crippen molar-refractivity contribution in [3.8, 4) is 0 Å². The Bertz CT molecular complexity index is 734. The van der Waals surface area contributed by atoms with Crippen molar-refractivity contribution < 1.29 is 4.52 Å². The van der Waals surface area contributed by atoms with Crippen LogP contribution in [0.5, 0.6) is 0 Å². The monoisotopic (exact) mass is 288 g/mol. The molecule has 0 amide bonds. The molecular formula is C14H16N4OS. The number of anilines is 1. The third kappa shape index (κ3) is 2.38. The molecule has 3 heterocycles. The van der Waals surface area contributed by atoms with Crippen molar-refractivity contribution in [2.75, 3.05) is 11.9 Å². The summed E-state index contributed by atoms with van der Waals surface area (Å²) in [6.07, 6.45) is 0.884. The fourth-order valence-electron chi connectivity index (χ4n) is 2.14. The van der Waals surface area contributed by atoms with E-state index in [1.165, 1.54) is 0 Å². The zero-order chi connectivity index (χ0) is 14.1. The van der Waals surface area contributed by atoms with Gasteiger partial charge in [-0.2, -0.15) is 0 Å². The van der Waals surface area contributed by atoms with Crippen LogP contribution in [0.1, 0.15) is 24.2 Å². The molecule has 20 heavy (non-hydrogen) atoms. The Kier molecular flexibility index (Phi) is 3.40. The van der Waals surface area contributed by atoms with Crippen LogP contribution in [0.2, 0.25) is 0 Å². The summed E-state index contributed by atoms with van der Waals surface area (Å²) in [4.78, 5) is 12.1. The highest BCUT2D eigenvalue weighted by Crippen LogP contribution is 2.27. The lowest BCUT2D eigenvalue weighted by atomic mass is 10.3. The Morgan fingerprint density at radius 2 is 2.20 bits per heavy atom. The van der Waals surface area contributed by atoms with Crippen LogP contribution in [0.25, 0.3) is 10.2 Å². The number of aryl methyl sites for hydroxylation is 2. The van der Waals surface area contributed by atoms with Crippen LogP contribution in [-0.2, 0) is 13.0 Å². The van der Waals surface area contributed by atoms with Gasteiger partial charge in [0.05, 0.1) is 17.6 Å². The van der Waals surface area contributed by atoms with Gasteiger partial charge in [0.1, 0.15) is 16.5 Å². The lowest BCUT2D eigenvalue weighted by Gasteiger charge is -2.17. The number of aromatic nitrogens is 3. The van der Waals surface area contributed by atoms with Gasteiger partial charge in [0.2, 0.25) is 0 Å². The SMILES string of the molecule is CCc1cc(CN(C)c2nc(C)nc3sccc23)on1. The molecule has 0 radical (unpaired) electrons. The van der Waals surface area contributed by atoms with E-state index in [2.05, 4.69) is 33.0 Å². The standard InChI is InChI=1S/C14H16N4OS/c1-4-10-7-11(19-17-10)8-18(3)13-12-5-6-20-14(12)16-9(2)15-13/h5-7H,4,8H2,1-3H3. The molecule has 0 spiro atoms. The van der Waals surface area contributed by atoms with Gasteiger partial charge >= 0.3 is 0 Å². The Balaban J connectivity index is 1.91. The van der Waals surface area contributed by atoms with E-state index in [0.717, 1.165) is 39.7 Å². The predicted octanol–water partition coefficient (Wildman–Crippen LogP) is 3.19. The average molecular weight is 288 g/mol. The van der Waals surface area contributed by atoms with Crippen LogP contribution in [0, 0.1) is 6.92 Å². The number of hydrogen-bond donors (Lipinski definition) is 0. The fourth-order valence-corrected chi connectivity index (χ4v) is 2.94. The molecule has 0 aromatic carbocycles. The predicted molar refractivity (Wildman–Crippen MR) is 80.1 cm³/mol. The molecule has 0 saturated heterocycles. The second-order valence-electron chi connectivity index (χ2n) is 4.73. The van der Waals surface area contributed by atoms with E-state index in [-0.39, 0.29) is 0 Å². The van der Waals surface area contributed by atoms with Gasteiger partial charge in [-0.05, 0) is 24.8 Å². The highest BCUT2D eigenvalue weighted by Gasteiger charge is 2.13.